The molecule has 0 bridgehead atoms. The summed E-state index contributed by atoms with van der Waals surface area (Å²) in [6.07, 6.45) is 1.73. The summed E-state index contributed by atoms with van der Waals surface area (Å²) in [5.74, 6) is 0.499. The quantitative estimate of drug-likeness (QED) is 0.626. The van der Waals surface area contributed by atoms with Gasteiger partial charge in [-0.3, -0.25) is 4.98 Å². The summed E-state index contributed by atoms with van der Waals surface area (Å²) in [6, 6.07) is 3.96. The Labute approximate surface area is 117 Å². The Morgan fingerprint density at radius 2 is 1.89 bits per heavy atom. The van der Waals surface area contributed by atoms with Gasteiger partial charge in [0.1, 0.15) is 10.3 Å². The highest BCUT2D eigenvalue weighted by Gasteiger charge is 2.10. The molecule has 3 heterocycles. The number of halogens is 2. The van der Waals surface area contributed by atoms with Crippen molar-refractivity contribution in [3.05, 3.63) is 39.6 Å². The van der Waals surface area contributed by atoms with Crippen molar-refractivity contribution in [1.29, 1.82) is 0 Å². The summed E-state index contributed by atoms with van der Waals surface area (Å²) in [7, 11) is 0. The zero-order valence-electron chi connectivity index (χ0n) is 9.32. The Hall–Kier alpha value is -1.23. The fourth-order valence-corrected chi connectivity index (χ4v) is 2.73. The van der Waals surface area contributed by atoms with E-state index in [2.05, 4.69) is 15.0 Å². The summed E-state index contributed by atoms with van der Waals surface area (Å²) < 4.78 is 1.09. The molecule has 0 aromatic carbocycles. The van der Waals surface area contributed by atoms with Crippen molar-refractivity contribution in [2.45, 2.75) is 6.92 Å². The maximum atomic E-state index is 6.01. The van der Waals surface area contributed by atoms with Crippen molar-refractivity contribution in [2.75, 3.05) is 0 Å². The zero-order valence-corrected chi connectivity index (χ0v) is 11.6. The van der Waals surface area contributed by atoms with Gasteiger partial charge in [-0.25, -0.2) is 9.97 Å². The van der Waals surface area contributed by atoms with E-state index in [4.69, 9.17) is 23.2 Å². The molecule has 3 aromatic rings. The Bertz CT molecular complexity index is 716. The maximum absolute atomic E-state index is 6.01. The van der Waals surface area contributed by atoms with Crippen molar-refractivity contribution in [2.24, 2.45) is 0 Å². The lowest BCUT2D eigenvalue weighted by molar-refractivity contribution is 1.13. The van der Waals surface area contributed by atoms with Crippen molar-refractivity contribution in [1.82, 2.24) is 15.0 Å². The lowest BCUT2D eigenvalue weighted by Gasteiger charge is -2.04. The van der Waals surface area contributed by atoms with Crippen LogP contribution in [0.3, 0.4) is 0 Å². The first-order chi connectivity index (χ1) is 8.65. The number of aromatic nitrogens is 3. The van der Waals surface area contributed by atoms with Crippen molar-refractivity contribution in [3.8, 4) is 11.4 Å². The minimum absolute atomic E-state index is 0.372. The average Bonchev–Trinajstić information content (AvgIpc) is 2.82. The number of thiophene rings is 1. The molecule has 0 atom stereocenters. The van der Waals surface area contributed by atoms with E-state index >= 15 is 0 Å². The molecule has 0 fully saturated rings. The smallest absolute Gasteiger partial charge is 0.164 e. The molecule has 0 amide bonds. The molecular weight excluding hydrogens is 289 g/mol. The van der Waals surface area contributed by atoms with Gasteiger partial charge < -0.3 is 0 Å². The van der Waals surface area contributed by atoms with Gasteiger partial charge in [-0.05, 0) is 24.4 Å². The SMILES string of the molecule is Cc1c(Cl)nc(-c2cnc3ccsc3c2)nc1Cl. The van der Waals surface area contributed by atoms with Crippen molar-refractivity contribution >= 4 is 44.8 Å². The normalized spacial score (nSPS) is 11.1. The third kappa shape index (κ3) is 1.96. The highest BCUT2D eigenvalue weighted by molar-refractivity contribution is 7.17. The first-order valence-corrected chi connectivity index (χ1v) is 6.82. The molecule has 0 N–H and O–H groups in total. The molecule has 3 aromatic heterocycles. The molecule has 0 aliphatic heterocycles. The van der Waals surface area contributed by atoms with Crippen molar-refractivity contribution in [3.63, 3.8) is 0 Å². The molecule has 0 unspecified atom stereocenters. The third-order valence-corrected chi connectivity index (χ3v) is 4.18. The minimum atomic E-state index is 0.372. The minimum Gasteiger partial charge on any atom is -0.255 e. The second-order valence-electron chi connectivity index (χ2n) is 3.78. The molecule has 3 rings (SSSR count). The van der Waals surface area contributed by atoms with E-state index in [0.29, 0.717) is 21.7 Å². The standard InChI is InChI=1S/C12H7Cl2N3S/c1-6-10(13)16-12(17-11(6)14)7-4-9-8(15-5-7)2-3-18-9/h2-5H,1H3. The topological polar surface area (TPSA) is 38.7 Å². The van der Waals surface area contributed by atoms with Crippen LogP contribution in [0.1, 0.15) is 5.56 Å². The van der Waals surface area contributed by atoms with E-state index < -0.39 is 0 Å². The van der Waals surface area contributed by atoms with Gasteiger partial charge in [-0.15, -0.1) is 11.3 Å². The molecule has 90 valence electrons. The van der Waals surface area contributed by atoms with E-state index in [1.54, 1.807) is 24.5 Å². The predicted molar refractivity (Wildman–Crippen MR) is 75.4 cm³/mol. The summed E-state index contributed by atoms with van der Waals surface area (Å²) >= 11 is 13.6. The van der Waals surface area contributed by atoms with Gasteiger partial charge in [0.15, 0.2) is 5.82 Å². The molecule has 0 radical (unpaired) electrons. The molecule has 0 saturated carbocycles. The Morgan fingerprint density at radius 3 is 2.61 bits per heavy atom. The van der Waals surface area contributed by atoms with E-state index in [9.17, 15) is 0 Å². The van der Waals surface area contributed by atoms with Crippen LogP contribution in [0.15, 0.2) is 23.7 Å². The molecule has 0 aliphatic carbocycles. The van der Waals surface area contributed by atoms with Crippen LogP contribution < -0.4 is 0 Å². The molecule has 0 saturated heterocycles. The highest BCUT2D eigenvalue weighted by Crippen LogP contribution is 2.27. The number of hydrogen-bond donors (Lipinski definition) is 0. The fraction of sp³-hybridized carbons (Fsp3) is 0.0833. The molecule has 3 nitrogen and oxygen atoms in total. The van der Waals surface area contributed by atoms with Crippen LogP contribution in [0, 0.1) is 6.92 Å². The van der Waals surface area contributed by atoms with Gasteiger partial charge in [-0.1, -0.05) is 23.2 Å². The molecule has 0 spiro atoms. The second kappa shape index (κ2) is 4.46. The van der Waals surface area contributed by atoms with E-state index in [1.807, 2.05) is 17.5 Å². The molecule has 0 aliphatic rings. The number of pyridine rings is 1. The van der Waals surface area contributed by atoms with Crippen molar-refractivity contribution < 1.29 is 0 Å². The summed E-state index contributed by atoms with van der Waals surface area (Å²) in [4.78, 5) is 12.8. The van der Waals surface area contributed by atoms with Gasteiger partial charge in [0, 0.05) is 17.3 Å². The number of rotatable bonds is 1. The van der Waals surface area contributed by atoms with E-state index in [0.717, 1.165) is 15.8 Å². The molecule has 6 heteroatoms. The van der Waals surface area contributed by atoms with Gasteiger partial charge in [0.25, 0.3) is 0 Å². The first-order valence-electron chi connectivity index (χ1n) is 5.18. The average molecular weight is 296 g/mol. The monoisotopic (exact) mass is 295 g/mol. The highest BCUT2D eigenvalue weighted by atomic mass is 35.5. The first kappa shape index (κ1) is 11.8. The Balaban J connectivity index is 2.19. The largest absolute Gasteiger partial charge is 0.255 e. The van der Waals surface area contributed by atoms with Crippen LogP contribution in [0.5, 0.6) is 0 Å². The number of hydrogen-bond acceptors (Lipinski definition) is 4. The molecular formula is C12H7Cl2N3S. The van der Waals surface area contributed by atoms with Crippen LogP contribution >= 0.6 is 34.5 Å². The van der Waals surface area contributed by atoms with Crippen LogP contribution in [-0.2, 0) is 0 Å². The van der Waals surface area contributed by atoms with Gasteiger partial charge in [0.05, 0.1) is 10.2 Å². The number of nitrogens with zero attached hydrogens (tertiary/aromatic N) is 3. The predicted octanol–water partition coefficient (Wildman–Crippen LogP) is 4.37. The number of fused-ring (bicyclic) bond motifs is 1. The van der Waals surface area contributed by atoms with Crippen LogP contribution in [0.25, 0.3) is 21.6 Å². The van der Waals surface area contributed by atoms with Gasteiger partial charge in [-0.2, -0.15) is 0 Å². The Morgan fingerprint density at radius 1 is 1.17 bits per heavy atom. The summed E-state index contributed by atoms with van der Waals surface area (Å²) in [5.41, 5.74) is 2.47. The summed E-state index contributed by atoms with van der Waals surface area (Å²) in [6.45, 7) is 1.79. The zero-order chi connectivity index (χ0) is 12.7. The third-order valence-electron chi connectivity index (χ3n) is 2.59. The van der Waals surface area contributed by atoms with Crippen LogP contribution in [0.2, 0.25) is 10.3 Å². The lowest BCUT2D eigenvalue weighted by atomic mass is 10.2. The van der Waals surface area contributed by atoms with Crippen LogP contribution in [0.4, 0.5) is 0 Å². The fourth-order valence-electron chi connectivity index (χ4n) is 1.56. The maximum Gasteiger partial charge on any atom is 0.164 e. The Kier molecular flexibility index (Phi) is 2.93. The van der Waals surface area contributed by atoms with Gasteiger partial charge in [0.2, 0.25) is 0 Å². The van der Waals surface area contributed by atoms with Gasteiger partial charge >= 0.3 is 0 Å². The van der Waals surface area contributed by atoms with E-state index in [-0.39, 0.29) is 0 Å². The van der Waals surface area contributed by atoms with E-state index in [1.165, 1.54) is 0 Å². The second-order valence-corrected chi connectivity index (χ2v) is 5.45. The lowest BCUT2D eigenvalue weighted by Crippen LogP contribution is -1.94. The molecule has 18 heavy (non-hydrogen) atoms. The van der Waals surface area contributed by atoms with Crippen LogP contribution in [-0.4, -0.2) is 15.0 Å². The summed E-state index contributed by atoms with van der Waals surface area (Å²) in [5, 5.41) is 2.74.